The van der Waals surface area contributed by atoms with Gasteiger partial charge in [-0.2, -0.15) is 11.8 Å². The molecule has 1 aromatic rings. The quantitative estimate of drug-likeness (QED) is 0.166. The fourth-order valence-corrected chi connectivity index (χ4v) is 6.82. The van der Waals surface area contributed by atoms with Crippen LogP contribution in [0.25, 0.3) is 5.57 Å². The SMILES string of the molecule is CCCCCC(C)CCc1cc(OC(=O)CCCN2CCOCC2)c2c(c1)OC(C)(C)C1=C2CSCC1. The molecule has 5 nitrogen and oxygen atoms in total. The van der Waals surface area contributed by atoms with E-state index in [1.54, 1.807) is 0 Å². The molecule has 4 rings (SSSR count). The average molecular weight is 530 g/mol. The van der Waals surface area contributed by atoms with E-state index in [1.165, 1.54) is 42.4 Å². The predicted octanol–water partition coefficient (Wildman–Crippen LogP) is 6.91. The van der Waals surface area contributed by atoms with Crippen LogP contribution in [0.3, 0.4) is 0 Å². The van der Waals surface area contributed by atoms with E-state index in [9.17, 15) is 4.79 Å². The summed E-state index contributed by atoms with van der Waals surface area (Å²) in [5, 5.41) is 0. The highest BCUT2D eigenvalue weighted by atomic mass is 32.2. The maximum atomic E-state index is 13.0. The molecule has 0 N–H and O–H groups in total. The number of esters is 1. The number of rotatable bonds is 12. The molecule has 1 atom stereocenters. The Balaban J connectivity index is 1.50. The van der Waals surface area contributed by atoms with Crippen LogP contribution in [0, 0.1) is 5.92 Å². The molecule has 3 aliphatic heterocycles. The minimum absolute atomic E-state index is 0.143. The third-order valence-electron chi connectivity index (χ3n) is 8.04. The van der Waals surface area contributed by atoms with Gasteiger partial charge >= 0.3 is 5.97 Å². The fourth-order valence-electron chi connectivity index (χ4n) is 5.80. The highest BCUT2D eigenvalue weighted by Crippen LogP contribution is 2.50. The number of unbranched alkanes of at least 4 members (excludes halogenated alkanes) is 2. The molecule has 0 bridgehead atoms. The first kappa shape index (κ1) is 28.5. The average Bonchev–Trinajstić information content (AvgIpc) is 2.88. The van der Waals surface area contributed by atoms with Gasteiger partial charge in [0.15, 0.2) is 0 Å². The van der Waals surface area contributed by atoms with Crippen molar-refractivity contribution in [3.05, 3.63) is 28.8 Å². The first-order valence-corrected chi connectivity index (χ1v) is 15.7. The van der Waals surface area contributed by atoms with Gasteiger partial charge in [-0.25, -0.2) is 0 Å². The molecule has 37 heavy (non-hydrogen) atoms. The van der Waals surface area contributed by atoms with Crippen LogP contribution >= 0.6 is 11.8 Å². The maximum Gasteiger partial charge on any atom is 0.311 e. The zero-order valence-electron chi connectivity index (χ0n) is 23.5. The smallest absolute Gasteiger partial charge is 0.311 e. The molecule has 206 valence electrons. The normalized spacial score (nSPS) is 20.1. The molecular weight excluding hydrogens is 482 g/mol. The lowest BCUT2D eigenvalue weighted by atomic mass is 9.84. The predicted molar refractivity (Wildman–Crippen MR) is 154 cm³/mol. The Morgan fingerprint density at radius 2 is 1.97 bits per heavy atom. The number of nitrogens with zero attached hydrogens (tertiary/aromatic N) is 1. The molecule has 6 heteroatoms. The van der Waals surface area contributed by atoms with Crippen molar-refractivity contribution in [2.75, 3.05) is 44.4 Å². The van der Waals surface area contributed by atoms with Crippen LogP contribution in [0.15, 0.2) is 17.7 Å². The lowest BCUT2D eigenvalue weighted by Gasteiger charge is -2.40. The van der Waals surface area contributed by atoms with Crippen molar-refractivity contribution in [1.82, 2.24) is 4.90 Å². The minimum Gasteiger partial charge on any atom is -0.483 e. The van der Waals surface area contributed by atoms with Crippen molar-refractivity contribution in [3.8, 4) is 11.5 Å². The van der Waals surface area contributed by atoms with Crippen molar-refractivity contribution in [1.29, 1.82) is 0 Å². The molecule has 1 fully saturated rings. The van der Waals surface area contributed by atoms with Gasteiger partial charge in [-0.3, -0.25) is 9.69 Å². The Labute approximate surface area is 228 Å². The number of carbonyl (C=O) groups excluding carboxylic acids is 1. The standard InChI is InChI=1S/C31H47NO4S/c1-5-6-7-9-23(2)11-12-24-20-27(35-29(33)10-8-14-32-15-17-34-18-16-32)30-25-22-37-19-13-26(25)31(3,4)36-28(30)21-24/h20-21,23H,5-19,22H2,1-4H3. The Bertz CT molecular complexity index is 951. The summed E-state index contributed by atoms with van der Waals surface area (Å²) >= 11 is 1.96. The van der Waals surface area contributed by atoms with Gasteiger partial charge in [-0.05, 0) is 86.6 Å². The Morgan fingerprint density at radius 3 is 2.76 bits per heavy atom. The summed E-state index contributed by atoms with van der Waals surface area (Å²) in [5.74, 6) is 4.20. The molecule has 1 aromatic carbocycles. The first-order valence-electron chi connectivity index (χ1n) is 14.5. The molecule has 0 spiro atoms. The summed E-state index contributed by atoms with van der Waals surface area (Å²) in [6.45, 7) is 13.4. The number of hydrogen-bond acceptors (Lipinski definition) is 6. The zero-order chi connectivity index (χ0) is 26.3. The monoisotopic (exact) mass is 529 g/mol. The number of fused-ring (bicyclic) bond motifs is 2. The second-order valence-corrected chi connectivity index (χ2v) is 12.6. The van der Waals surface area contributed by atoms with E-state index < -0.39 is 0 Å². The summed E-state index contributed by atoms with van der Waals surface area (Å²) in [6.07, 6.45) is 9.55. The molecule has 0 radical (unpaired) electrons. The van der Waals surface area contributed by atoms with Crippen molar-refractivity contribution >= 4 is 23.3 Å². The van der Waals surface area contributed by atoms with Crippen molar-refractivity contribution in [2.24, 2.45) is 5.92 Å². The molecule has 3 heterocycles. The Hall–Kier alpha value is -1.50. The van der Waals surface area contributed by atoms with Gasteiger partial charge in [0, 0.05) is 25.3 Å². The summed E-state index contributed by atoms with van der Waals surface area (Å²) in [5.41, 5.74) is 4.58. The lowest BCUT2D eigenvalue weighted by Crippen LogP contribution is -2.37. The van der Waals surface area contributed by atoms with Crippen LogP contribution in [0.1, 0.15) is 90.2 Å². The highest BCUT2D eigenvalue weighted by Gasteiger charge is 2.38. The largest absolute Gasteiger partial charge is 0.483 e. The molecule has 0 aliphatic carbocycles. The molecule has 0 aromatic heterocycles. The Morgan fingerprint density at radius 1 is 1.16 bits per heavy atom. The third kappa shape index (κ3) is 7.77. The van der Waals surface area contributed by atoms with Crippen molar-refractivity contribution in [3.63, 3.8) is 0 Å². The Kier molecular flexibility index (Phi) is 10.4. The van der Waals surface area contributed by atoms with Gasteiger partial charge in [-0.1, -0.05) is 39.5 Å². The minimum atomic E-state index is -0.325. The molecule has 3 aliphatic rings. The van der Waals surface area contributed by atoms with Crippen LogP contribution in [0.5, 0.6) is 11.5 Å². The summed E-state index contributed by atoms with van der Waals surface area (Å²) in [7, 11) is 0. The molecular formula is C31H47NO4S. The number of carbonyl (C=O) groups is 1. The van der Waals surface area contributed by atoms with E-state index in [0.29, 0.717) is 18.1 Å². The van der Waals surface area contributed by atoms with Gasteiger partial charge in [0.05, 0.1) is 18.8 Å². The van der Waals surface area contributed by atoms with Gasteiger partial charge in [-0.15, -0.1) is 0 Å². The third-order valence-corrected chi connectivity index (χ3v) is 9.02. The molecule has 0 saturated carbocycles. The molecule has 0 amide bonds. The van der Waals surface area contributed by atoms with Crippen molar-refractivity contribution in [2.45, 2.75) is 91.1 Å². The van der Waals surface area contributed by atoms with E-state index in [4.69, 9.17) is 14.2 Å². The van der Waals surface area contributed by atoms with Crippen LogP contribution < -0.4 is 9.47 Å². The van der Waals surface area contributed by atoms with Gasteiger partial charge < -0.3 is 14.2 Å². The second kappa shape index (κ2) is 13.5. The fraction of sp³-hybridized carbons (Fsp3) is 0.710. The maximum absolute atomic E-state index is 13.0. The number of benzene rings is 1. The topological polar surface area (TPSA) is 48.0 Å². The van der Waals surface area contributed by atoms with Crippen LogP contribution in [-0.4, -0.2) is 60.8 Å². The van der Waals surface area contributed by atoms with Gasteiger partial charge in [0.1, 0.15) is 17.1 Å². The van der Waals surface area contributed by atoms with Crippen molar-refractivity contribution < 1.29 is 19.0 Å². The lowest BCUT2D eigenvalue weighted by molar-refractivity contribution is -0.134. The summed E-state index contributed by atoms with van der Waals surface area (Å²) in [6, 6.07) is 4.34. The van der Waals surface area contributed by atoms with Gasteiger partial charge in [0.25, 0.3) is 0 Å². The van der Waals surface area contributed by atoms with Crippen LogP contribution in [0.2, 0.25) is 0 Å². The number of ether oxygens (including phenoxy) is 3. The van der Waals surface area contributed by atoms with E-state index in [1.807, 2.05) is 11.8 Å². The van der Waals surface area contributed by atoms with E-state index in [2.05, 4.69) is 44.7 Å². The van der Waals surface area contributed by atoms with Crippen LogP contribution in [0.4, 0.5) is 0 Å². The van der Waals surface area contributed by atoms with E-state index in [-0.39, 0.29) is 11.6 Å². The number of morpholine rings is 1. The van der Waals surface area contributed by atoms with E-state index >= 15 is 0 Å². The summed E-state index contributed by atoms with van der Waals surface area (Å²) < 4.78 is 18.2. The second-order valence-electron chi connectivity index (χ2n) is 11.5. The highest BCUT2D eigenvalue weighted by molar-refractivity contribution is 7.99. The summed E-state index contributed by atoms with van der Waals surface area (Å²) in [4.78, 5) is 15.4. The molecule has 1 saturated heterocycles. The number of aryl methyl sites for hydroxylation is 1. The van der Waals surface area contributed by atoms with E-state index in [0.717, 1.165) is 81.3 Å². The number of thioether (sulfide) groups is 1. The van der Waals surface area contributed by atoms with Crippen LogP contribution in [-0.2, 0) is 16.0 Å². The molecule has 1 unspecified atom stereocenters. The first-order chi connectivity index (χ1) is 17.9. The van der Waals surface area contributed by atoms with Gasteiger partial charge in [0.2, 0.25) is 0 Å². The number of hydrogen-bond donors (Lipinski definition) is 0. The zero-order valence-corrected chi connectivity index (χ0v) is 24.4.